The molecule has 0 aromatic rings. The molecule has 90 valence electrons. The van der Waals surface area contributed by atoms with Gasteiger partial charge in [0.1, 0.15) is 0 Å². The fourth-order valence-corrected chi connectivity index (χ4v) is 1.95. The fraction of sp³-hybridized carbons (Fsp3) is 0.667. The van der Waals surface area contributed by atoms with Crippen LogP contribution in [-0.2, 0) is 9.59 Å². The Kier molecular flexibility index (Phi) is 4.10. The number of nitrogens with two attached hydrogens (primary N) is 1. The highest BCUT2D eigenvalue weighted by Gasteiger charge is 2.27. The molecule has 4 heteroatoms. The zero-order chi connectivity index (χ0) is 12.2. The summed E-state index contributed by atoms with van der Waals surface area (Å²) in [4.78, 5) is 22.7. The molecule has 2 amide bonds. The van der Waals surface area contributed by atoms with Crippen molar-refractivity contribution >= 4 is 11.8 Å². The van der Waals surface area contributed by atoms with Crippen molar-refractivity contribution in [2.75, 3.05) is 0 Å². The molecule has 0 spiro atoms. The molecule has 1 unspecified atom stereocenters. The second kappa shape index (κ2) is 5.14. The average molecular weight is 224 g/mol. The minimum Gasteiger partial charge on any atom is -0.370 e. The number of nitrogens with one attached hydrogen (secondary N) is 1. The second-order valence-corrected chi connectivity index (χ2v) is 5.00. The maximum atomic E-state index is 11.9. The van der Waals surface area contributed by atoms with Gasteiger partial charge in [0.2, 0.25) is 11.8 Å². The van der Waals surface area contributed by atoms with E-state index >= 15 is 0 Å². The van der Waals surface area contributed by atoms with E-state index in [2.05, 4.69) is 11.4 Å². The van der Waals surface area contributed by atoms with Crippen molar-refractivity contribution in [3.05, 3.63) is 12.2 Å². The van der Waals surface area contributed by atoms with Gasteiger partial charge in [-0.25, -0.2) is 0 Å². The summed E-state index contributed by atoms with van der Waals surface area (Å²) in [6.45, 7) is 3.63. The van der Waals surface area contributed by atoms with E-state index < -0.39 is 11.4 Å². The predicted octanol–water partition coefficient (Wildman–Crippen LogP) is 1.11. The maximum absolute atomic E-state index is 11.9. The van der Waals surface area contributed by atoms with Crippen molar-refractivity contribution in [1.29, 1.82) is 0 Å². The summed E-state index contributed by atoms with van der Waals surface area (Å²) in [5.41, 5.74) is 4.58. The van der Waals surface area contributed by atoms with E-state index in [1.165, 1.54) is 0 Å². The summed E-state index contributed by atoms with van der Waals surface area (Å²) >= 11 is 0. The average Bonchev–Trinajstić information content (AvgIpc) is 2.16. The van der Waals surface area contributed by atoms with Gasteiger partial charge < -0.3 is 11.1 Å². The van der Waals surface area contributed by atoms with Gasteiger partial charge in [-0.1, -0.05) is 12.2 Å². The lowest BCUT2D eigenvalue weighted by molar-refractivity contribution is -0.127. The highest BCUT2D eigenvalue weighted by atomic mass is 16.2. The van der Waals surface area contributed by atoms with E-state index in [9.17, 15) is 9.59 Å². The van der Waals surface area contributed by atoms with Crippen molar-refractivity contribution in [3.8, 4) is 0 Å². The first-order valence-corrected chi connectivity index (χ1v) is 5.66. The normalized spacial score (nSPS) is 20.5. The number of carbonyl (C=O) groups excluding carboxylic acids is 2. The van der Waals surface area contributed by atoms with Crippen LogP contribution < -0.4 is 11.1 Å². The van der Waals surface area contributed by atoms with Gasteiger partial charge in [-0.2, -0.15) is 0 Å². The fourth-order valence-electron chi connectivity index (χ4n) is 1.95. The molecule has 0 aromatic carbocycles. The van der Waals surface area contributed by atoms with Gasteiger partial charge in [0.05, 0.1) is 0 Å². The van der Waals surface area contributed by atoms with Crippen LogP contribution in [0.5, 0.6) is 0 Å². The maximum Gasteiger partial charge on any atom is 0.223 e. The number of primary amides is 1. The molecule has 0 aromatic heterocycles. The van der Waals surface area contributed by atoms with Crippen LogP contribution in [0, 0.1) is 5.92 Å². The third-order valence-electron chi connectivity index (χ3n) is 2.72. The van der Waals surface area contributed by atoms with Gasteiger partial charge >= 0.3 is 0 Å². The van der Waals surface area contributed by atoms with Crippen LogP contribution in [0.2, 0.25) is 0 Å². The van der Waals surface area contributed by atoms with E-state index in [0.717, 1.165) is 19.3 Å². The number of allylic oxidation sites excluding steroid dienone is 2. The molecule has 0 saturated carbocycles. The second-order valence-electron chi connectivity index (χ2n) is 5.00. The number of carbonyl (C=O) groups is 2. The Balaban J connectivity index is 2.49. The molecular formula is C12H20N2O2. The van der Waals surface area contributed by atoms with Crippen LogP contribution in [0.4, 0.5) is 0 Å². The van der Waals surface area contributed by atoms with Crippen molar-refractivity contribution in [1.82, 2.24) is 5.32 Å². The standard InChI is InChI=1S/C12H20N2O2/c1-12(2,8-10(13)15)14-11(16)9-6-4-3-5-7-9/h3-4,9H,5-8H2,1-2H3,(H2,13,15)(H,14,16). The number of hydrogen-bond acceptors (Lipinski definition) is 2. The third kappa shape index (κ3) is 4.04. The van der Waals surface area contributed by atoms with E-state index in [1.54, 1.807) is 0 Å². The Labute approximate surface area is 96.3 Å². The largest absolute Gasteiger partial charge is 0.370 e. The van der Waals surface area contributed by atoms with Gasteiger partial charge in [-0.05, 0) is 33.1 Å². The van der Waals surface area contributed by atoms with Crippen LogP contribution in [0.25, 0.3) is 0 Å². The van der Waals surface area contributed by atoms with E-state index in [1.807, 2.05) is 19.9 Å². The summed E-state index contributed by atoms with van der Waals surface area (Å²) in [5, 5.41) is 2.88. The predicted molar refractivity (Wildman–Crippen MR) is 62.5 cm³/mol. The molecular weight excluding hydrogens is 204 g/mol. The first-order chi connectivity index (χ1) is 7.41. The minimum absolute atomic E-state index is 0.0237. The molecule has 0 aliphatic heterocycles. The van der Waals surface area contributed by atoms with Crippen molar-refractivity contribution in [2.24, 2.45) is 11.7 Å². The first-order valence-electron chi connectivity index (χ1n) is 5.66. The molecule has 0 heterocycles. The summed E-state index contributed by atoms with van der Waals surface area (Å²) < 4.78 is 0. The molecule has 4 nitrogen and oxygen atoms in total. The van der Waals surface area contributed by atoms with Gasteiger partial charge in [-0.3, -0.25) is 9.59 Å². The smallest absolute Gasteiger partial charge is 0.223 e. The summed E-state index contributed by atoms with van der Waals surface area (Å²) in [5.74, 6) is -0.332. The first kappa shape index (κ1) is 12.7. The van der Waals surface area contributed by atoms with E-state index in [0.29, 0.717) is 0 Å². The third-order valence-corrected chi connectivity index (χ3v) is 2.72. The molecule has 0 fully saturated rings. The lowest BCUT2D eigenvalue weighted by Crippen LogP contribution is -2.48. The Bertz CT molecular complexity index is 308. The van der Waals surface area contributed by atoms with Crippen molar-refractivity contribution < 1.29 is 9.59 Å². The van der Waals surface area contributed by atoms with Gasteiger partial charge in [0, 0.05) is 17.9 Å². The molecule has 1 aliphatic carbocycles. The van der Waals surface area contributed by atoms with Gasteiger partial charge in [0.15, 0.2) is 0 Å². The Morgan fingerprint density at radius 3 is 2.62 bits per heavy atom. The Morgan fingerprint density at radius 2 is 2.12 bits per heavy atom. The molecule has 1 aliphatic rings. The van der Waals surface area contributed by atoms with Gasteiger partial charge in [0.25, 0.3) is 0 Å². The number of hydrogen-bond donors (Lipinski definition) is 2. The molecule has 0 saturated heterocycles. The molecule has 0 radical (unpaired) electrons. The highest BCUT2D eigenvalue weighted by Crippen LogP contribution is 2.19. The lowest BCUT2D eigenvalue weighted by Gasteiger charge is -2.28. The topological polar surface area (TPSA) is 72.2 Å². The highest BCUT2D eigenvalue weighted by molar-refractivity contribution is 5.81. The van der Waals surface area contributed by atoms with Crippen LogP contribution in [0.15, 0.2) is 12.2 Å². The Hall–Kier alpha value is -1.32. The van der Waals surface area contributed by atoms with Crippen LogP contribution in [0.3, 0.4) is 0 Å². The Morgan fingerprint density at radius 1 is 1.44 bits per heavy atom. The summed E-state index contributed by atoms with van der Waals surface area (Å²) in [7, 11) is 0. The number of rotatable bonds is 4. The molecule has 16 heavy (non-hydrogen) atoms. The monoisotopic (exact) mass is 224 g/mol. The van der Waals surface area contributed by atoms with Gasteiger partial charge in [-0.15, -0.1) is 0 Å². The number of amides is 2. The van der Waals surface area contributed by atoms with Crippen molar-refractivity contribution in [3.63, 3.8) is 0 Å². The lowest BCUT2D eigenvalue weighted by atomic mass is 9.91. The molecule has 1 rings (SSSR count). The molecule has 0 bridgehead atoms. The zero-order valence-corrected chi connectivity index (χ0v) is 9.95. The minimum atomic E-state index is -0.552. The van der Waals surface area contributed by atoms with E-state index in [-0.39, 0.29) is 18.2 Å². The van der Waals surface area contributed by atoms with Crippen LogP contribution in [-0.4, -0.2) is 17.4 Å². The van der Waals surface area contributed by atoms with Crippen LogP contribution >= 0.6 is 0 Å². The zero-order valence-electron chi connectivity index (χ0n) is 9.95. The van der Waals surface area contributed by atoms with Crippen molar-refractivity contribution in [2.45, 2.75) is 45.1 Å². The van der Waals surface area contributed by atoms with E-state index in [4.69, 9.17) is 5.73 Å². The van der Waals surface area contributed by atoms with Crippen LogP contribution in [0.1, 0.15) is 39.5 Å². The molecule has 3 N–H and O–H groups in total. The quantitative estimate of drug-likeness (QED) is 0.702. The summed E-state index contributed by atoms with van der Waals surface area (Å²) in [6, 6.07) is 0. The SMILES string of the molecule is CC(C)(CC(N)=O)NC(=O)C1CC=CCC1. The summed E-state index contributed by atoms with van der Waals surface area (Å²) in [6.07, 6.45) is 6.93. The molecule has 1 atom stereocenters.